The van der Waals surface area contributed by atoms with E-state index in [2.05, 4.69) is 18.3 Å². The molecule has 1 aliphatic heterocycles. The maximum absolute atomic E-state index is 11.9. The molecule has 0 unspecified atom stereocenters. The zero-order valence-corrected chi connectivity index (χ0v) is 11.2. The monoisotopic (exact) mass is 260 g/mol. The van der Waals surface area contributed by atoms with Gasteiger partial charge < -0.3 is 10.2 Å². The van der Waals surface area contributed by atoms with Crippen molar-refractivity contribution in [2.24, 2.45) is 0 Å². The van der Waals surface area contributed by atoms with Crippen molar-refractivity contribution in [1.82, 2.24) is 10.2 Å². The number of amides is 1. The Labute approximate surface area is 106 Å². The summed E-state index contributed by atoms with van der Waals surface area (Å²) < 4.78 is 0. The molecule has 0 aromatic carbocycles. The molecule has 16 heavy (non-hydrogen) atoms. The van der Waals surface area contributed by atoms with Gasteiger partial charge in [0, 0.05) is 29.9 Å². The third kappa shape index (κ3) is 2.97. The minimum absolute atomic E-state index is 0. The van der Waals surface area contributed by atoms with E-state index in [1.54, 1.807) is 11.3 Å². The standard InChI is InChI=1S/C11H16N2OS.ClH/c1-8-3-4-10(15-8)5-11(14)13(2)9-6-12-7-9;/h3-4,9,12H,5-7H2,1-2H3;1H. The topological polar surface area (TPSA) is 32.3 Å². The third-order valence-corrected chi connectivity index (χ3v) is 3.82. The highest BCUT2D eigenvalue weighted by atomic mass is 35.5. The van der Waals surface area contributed by atoms with Gasteiger partial charge in [0.1, 0.15) is 0 Å². The number of nitrogens with zero attached hydrogens (tertiary/aromatic N) is 1. The van der Waals surface area contributed by atoms with Gasteiger partial charge in [0.2, 0.25) is 5.91 Å². The van der Waals surface area contributed by atoms with Crippen molar-refractivity contribution in [1.29, 1.82) is 0 Å². The van der Waals surface area contributed by atoms with E-state index in [0.717, 1.165) is 18.0 Å². The fraction of sp³-hybridized carbons (Fsp3) is 0.545. The summed E-state index contributed by atoms with van der Waals surface area (Å²) in [7, 11) is 1.90. The molecule has 90 valence electrons. The van der Waals surface area contributed by atoms with Gasteiger partial charge in [-0.25, -0.2) is 0 Å². The van der Waals surface area contributed by atoms with E-state index in [1.807, 2.05) is 18.0 Å². The molecule has 1 aliphatic rings. The van der Waals surface area contributed by atoms with Crippen LogP contribution in [0.25, 0.3) is 0 Å². The van der Waals surface area contributed by atoms with Crippen LogP contribution in [0.3, 0.4) is 0 Å². The predicted octanol–water partition coefficient (Wildman–Crippen LogP) is 1.45. The molecule has 1 saturated heterocycles. The number of likely N-dealkylation sites (N-methyl/N-ethyl adjacent to an activating group) is 1. The van der Waals surface area contributed by atoms with Crippen molar-refractivity contribution >= 4 is 29.7 Å². The number of rotatable bonds is 3. The minimum Gasteiger partial charge on any atom is -0.340 e. The zero-order valence-electron chi connectivity index (χ0n) is 9.53. The minimum atomic E-state index is 0. The molecule has 2 heterocycles. The van der Waals surface area contributed by atoms with Crippen LogP contribution in [-0.4, -0.2) is 37.0 Å². The van der Waals surface area contributed by atoms with Gasteiger partial charge in [0.05, 0.1) is 12.5 Å². The summed E-state index contributed by atoms with van der Waals surface area (Å²) >= 11 is 1.71. The van der Waals surface area contributed by atoms with Crippen LogP contribution in [0.15, 0.2) is 12.1 Å². The lowest BCUT2D eigenvalue weighted by atomic mass is 10.1. The number of carbonyl (C=O) groups excluding carboxylic acids is 1. The molecule has 1 amide bonds. The summed E-state index contributed by atoms with van der Waals surface area (Å²) in [4.78, 5) is 16.2. The number of hydrogen-bond acceptors (Lipinski definition) is 3. The molecule has 1 fully saturated rings. The van der Waals surface area contributed by atoms with Crippen LogP contribution in [0.5, 0.6) is 0 Å². The number of thiophene rings is 1. The van der Waals surface area contributed by atoms with Gasteiger partial charge >= 0.3 is 0 Å². The Hall–Kier alpha value is -0.580. The Morgan fingerprint density at radius 3 is 2.69 bits per heavy atom. The van der Waals surface area contributed by atoms with Crippen molar-refractivity contribution in [2.75, 3.05) is 20.1 Å². The van der Waals surface area contributed by atoms with E-state index in [0.29, 0.717) is 12.5 Å². The van der Waals surface area contributed by atoms with Crippen molar-refractivity contribution in [2.45, 2.75) is 19.4 Å². The lowest BCUT2D eigenvalue weighted by Gasteiger charge is -2.35. The molecule has 1 aromatic heterocycles. The van der Waals surface area contributed by atoms with Crippen molar-refractivity contribution in [3.8, 4) is 0 Å². The third-order valence-electron chi connectivity index (χ3n) is 2.82. The Morgan fingerprint density at radius 2 is 2.25 bits per heavy atom. The number of nitrogens with one attached hydrogen (secondary N) is 1. The molecule has 0 aliphatic carbocycles. The molecule has 0 atom stereocenters. The lowest BCUT2D eigenvalue weighted by molar-refractivity contribution is -0.132. The highest BCUT2D eigenvalue weighted by Crippen LogP contribution is 2.16. The smallest absolute Gasteiger partial charge is 0.227 e. The molecule has 0 saturated carbocycles. The Morgan fingerprint density at radius 1 is 1.56 bits per heavy atom. The van der Waals surface area contributed by atoms with Crippen LogP contribution in [-0.2, 0) is 11.2 Å². The lowest BCUT2D eigenvalue weighted by Crippen LogP contribution is -2.57. The van der Waals surface area contributed by atoms with E-state index < -0.39 is 0 Å². The molecule has 5 heteroatoms. The summed E-state index contributed by atoms with van der Waals surface area (Å²) in [5.41, 5.74) is 0. The maximum Gasteiger partial charge on any atom is 0.227 e. The first kappa shape index (κ1) is 13.5. The SMILES string of the molecule is Cc1ccc(CC(=O)N(C)C2CNC2)s1.Cl. The van der Waals surface area contributed by atoms with Gasteiger partial charge in [0.25, 0.3) is 0 Å². The molecular weight excluding hydrogens is 244 g/mol. The van der Waals surface area contributed by atoms with Crippen molar-refractivity contribution in [3.05, 3.63) is 21.9 Å². The summed E-state index contributed by atoms with van der Waals surface area (Å²) in [6.45, 7) is 3.94. The first-order valence-electron chi connectivity index (χ1n) is 5.18. The molecule has 0 bridgehead atoms. The van der Waals surface area contributed by atoms with Gasteiger partial charge in [-0.15, -0.1) is 23.7 Å². The first-order valence-corrected chi connectivity index (χ1v) is 6.00. The van der Waals surface area contributed by atoms with Crippen LogP contribution in [0.4, 0.5) is 0 Å². The van der Waals surface area contributed by atoms with Crippen LogP contribution in [0, 0.1) is 6.92 Å². The van der Waals surface area contributed by atoms with Gasteiger partial charge in [-0.05, 0) is 19.1 Å². The largest absolute Gasteiger partial charge is 0.340 e. The molecule has 3 nitrogen and oxygen atoms in total. The molecule has 1 N–H and O–H groups in total. The van der Waals surface area contributed by atoms with Gasteiger partial charge in [-0.1, -0.05) is 0 Å². The normalized spacial score (nSPS) is 15.1. The second-order valence-corrected chi connectivity index (χ2v) is 5.38. The second-order valence-electron chi connectivity index (χ2n) is 4.01. The number of aryl methyl sites for hydroxylation is 1. The Balaban J connectivity index is 0.00000128. The van der Waals surface area contributed by atoms with E-state index in [9.17, 15) is 4.79 Å². The number of hydrogen-bond donors (Lipinski definition) is 1. The molecule has 2 rings (SSSR count). The number of halogens is 1. The zero-order chi connectivity index (χ0) is 10.8. The average molecular weight is 261 g/mol. The predicted molar refractivity (Wildman–Crippen MR) is 69.4 cm³/mol. The van der Waals surface area contributed by atoms with E-state index >= 15 is 0 Å². The summed E-state index contributed by atoms with van der Waals surface area (Å²) in [5, 5.41) is 3.17. The second kappa shape index (κ2) is 5.66. The van der Waals surface area contributed by atoms with E-state index in [4.69, 9.17) is 0 Å². The highest BCUT2D eigenvalue weighted by Gasteiger charge is 2.25. The summed E-state index contributed by atoms with van der Waals surface area (Å²) in [5.74, 6) is 0.225. The van der Waals surface area contributed by atoms with Gasteiger partial charge in [0.15, 0.2) is 0 Å². The quantitative estimate of drug-likeness (QED) is 0.892. The van der Waals surface area contributed by atoms with Crippen LogP contribution < -0.4 is 5.32 Å². The Kier molecular flexibility index (Phi) is 4.77. The molecule has 1 aromatic rings. The van der Waals surface area contributed by atoms with E-state index in [-0.39, 0.29) is 18.3 Å². The average Bonchev–Trinajstić information content (AvgIpc) is 2.48. The van der Waals surface area contributed by atoms with Crippen molar-refractivity contribution < 1.29 is 4.79 Å². The summed E-state index contributed by atoms with van der Waals surface area (Å²) in [6.07, 6.45) is 0.547. The Bertz CT molecular complexity index is 363. The highest BCUT2D eigenvalue weighted by molar-refractivity contribution is 7.12. The van der Waals surface area contributed by atoms with Crippen LogP contribution in [0.2, 0.25) is 0 Å². The molecular formula is C11H17ClN2OS. The first-order chi connectivity index (χ1) is 7.16. The van der Waals surface area contributed by atoms with Crippen molar-refractivity contribution in [3.63, 3.8) is 0 Å². The fourth-order valence-electron chi connectivity index (χ4n) is 1.60. The van der Waals surface area contributed by atoms with Gasteiger partial charge in [-0.3, -0.25) is 4.79 Å². The van der Waals surface area contributed by atoms with Crippen LogP contribution in [0.1, 0.15) is 9.75 Å². The fourth-order valence-corrected chi connectivity index (χ4v) is 2.49. The molecule has 0 radical (unpaired) electrons. The summed E-state index contributed by atoms with van der Waals surface area (Å²) in [6, 6.07) is 4.52. The molecule has 0 spiro atoms. The maximum atomic E-state index is 11.9. The number of carbonyl (C=O) groups is 1. The van der Waals surface area contributed by atoms with Crippen LogP contribution >= 0.6 is 23.7 Å². The van der Waals surface area contributed by atoms with E-state index in [1.165, 1.54) is 4.88 Å². The van der Waals surface area contributed by atoms with Gasteiger partial charge in [-0.2, -0.15) is 0 Å².